The molecule has 7 heteroatoms. The molecule has 0 aliphatic rings. The summed E-state index contributed by atoms with van der Waals surface area (Å²) in [5.74, 6) is 0.967. The maximum Gasteiger partial charge on any atom is 0.159 e. The number of nitrogens with zero attached hydrogens (tertiary/aromatic N) is 2. The van der Waals surface area contributed by atoms with Crippen LogP contribution < -0.4 is 16.4 Å². The molecule has 1 heterocycles. The Bertz CT molecular complexity index is 927. The number of nitrogens with one attached hydrogen (secondary N) is 2. The van der Waals surface area contributed by atoms with Gasteiger partial charge in [-0.2, -0.15) is 0 Å². The summed E-state index contributed by atoms with van der Waals surface area (Å²) in [7, 11) is 0. The summed E-state index contributed by atoms with van der Waals surface area (Å²) in [6.45, 7) is 4.07. The van der Waals surface area contributed by atoms with E-state index in [1.54, 1.807) is 18.2 Å². The Balaban J connectivity index is 1.91. The van der Waals surface area contributed by atoms with E-state index in [0.717, 1.165) is 11.3 Å². The van der Waals surface area contributed by atoms with E-state index < -0.39 is 0 Å². The first kappa shape index (κ1) is 17.3. The predicted octanol–water partition coefficient (Wildman–Crippen LogP) is 5.47. The summed E-state index contributed by atoms with van der Waals surface area (Å²) in [5, 5.41) is 7.43. The Kier molecular flexibility index (Phi) is 4.97. The van der Waals surface area contributed by atoms with Crippen molar-refractivity contribution in [1.29, 1.82) is 0 Å². The fourth-order valence-corrected chi connectivity index (χ4v) is 2.73. The number of aryl methyl sites for hydroxylation is 2. The van der Waals surface area contributed by atoms with Crippen LogP contribution in [0.25, 0.3) is 0 Å². The van der Waals surface area contributed by atoms with Gasteiger partial charge in [-0.15, -0.1) is 0 Å². The Morgan fingerprint density at radius 2 is 1.56 bits per heavy atom. The number of rotatable bonds is 4. The normalized spacial score (nSPS) is 10.6. The van der Waals surface area contributed by atoms with Crippen LogP contribution >= 0.6 is 23.2 Å². The number of halogens is 2. The molecule has 128 valence electrons. The van der Waals surface area contributed by atoms with E-state index in [-0.39, 0.29) is 0 Å². The first-order valence-electron chi connectivity index (χ1n) is 7.61. The number of nitrogen functional groups attached to an aromatic ring is 1. The van der Waals surface area contributed by atoms with Crippen molar-refractivity contribution >= 4 is 51.9 Å². The molecular formula is C18H17Cl2N5. The first-order valence-corrected chi connectivity index (χ1v) is 8.36. The third kappa shape index (κ3) is 3.95. The van der Waals surface area contributed by atoms with Crippen molar-refractivity contribution in [2.75, 3.05) is 16.4 Å². The van der Waals surface area contributed by atoms with Gasteiger partial charge in [-0.05, 0) is 43.7 Å². The number of hydrogen-bond donors (Lipinski definition) is 3. The number of hydrogen-bond acceptors (Lipinski definition) is 5. The van der Waals surface area contributed by atoms with Crippen LogP contribution in [0.5, 0.6) is 0 Å². The maximum absolute atomic E-state index is 6.22. The van der Waals surface area contributed by atoms with Crippen molar-refractivity contribution < 1.29 is 0 Å². The van der Waals surface area contributed by atoms with Crippen LogP contribution in [0.1, 0.15) is 11.1 Å². The third-order valence-corrected chi connectivity index (χ3v) is 4.27. The highest BCUT2D eigenvalue weighted by molar-refractivity contribution is 6.35. The van der Waals surface area contributed by atoms with Crippen LogP contribution in [0.15, 0.2) is 42.7 Å². The van der Waals surface area contributed by atoms with Crippen molar-refractivity contribution in [3.8, 4) is 0 Å². The highest BCUT2D eigenvalue weighted by Gasteiger charge is 2.11. The minimum absolute atomic E-state index is 0.388. The minimum atomic E-state index is 0.388. The quantitative estimate of drug-likeness (QED) is 0.565. The van der Waals surface area contributed by atoms with Crippen molar-refractivity contribution in [1.82, 2.24) is 9.97 Å². The van der Waals surface area contributed by atoms with E-state index in [1.807, 2.05) is 26.0 Å². The van der Waals surface area contributed by atoms with Gasteiger partial charge in [0.1, 0.15) is 12.0 Å². The molecule has 0 bridgehead atoms. The van der Waals surface area contributed by atoms with E-state index >= 15 is 0 Å². The van der Waals surface area contributed by atoms with Crippen LogP contribution in [0, 0.1) is 13.8 Å². The molecule has 3 aromatic rings. The number of benzene rings is 2. The number of anilines is 5. The SMILES string of the molecule is Cc1ccc(Nc2ncnc(Nc3cc(Cl)ccc3Cl)c2N)c(C)c1. The molecule has 0 atom stereocenters. The second kappa shape index (κ2) is 7.17. The van der Waals surface area contributed by atoms with Gasteiger partial charge in [0.2, 0.25) is 0 Å². The minimum Gasteiger partial charge on any atom is -0.393 e. The summed E-state index contributed by atoms with van der Waals surface area (Å²) in [4.78, 5) is 8.43. The Labute approximate surface area is 156 Å². The Hall–Kier alpha value is -2.50. The number of aromatic nitrogens is 2. The fraction of sp³-hybridized carbons (Fsp3) is 0.111. The van der Waals surface area contributed by atoms with Crippen molar-refractivity contribution in [2.24, 2.45) is 0 Å². The Morgan fingerprint density at radius 3 is 2.24 bits per heavy atom. The van der Waals surface area contributed by atoms with E-state index in [4.69, 9.17) is 28.9 Å². The molecule has 0 fully saturated rings. The van der Waals surface area contributed by atoms with Gasteiger partial charge in [-0.1, -0.05) is 40.9 Å². The van der Waals surface area contributed by atoms with E-state index in [0.29, 0.717) is 33.1 Å². The second-order valence-electron chi connectivity index (χ2n) is 5.68. The fourth-order valence-electron chi connectivity index (χ4n) is 2.40. The summed E-state index contributed by atoms with van der Waals surface area (Å²) >= 11 is 12.2. The third-order valence-electron chi connectivity index (χ3n) is 3.70. The van der Waals surface area contributed by atoms with Gasteiger partial charge in [-0.3, -0.25) is 0 Å². The first-order chi connectivity index (χ1) is 11.9. The van der Waals surface area contributed by atoms with E-state index in [9.17, 15) is 0 Å². The topological polar surface area (TPSA) is 75.9 Å². The molecular weight excluding hydrogens is 357 g/mol. The smallest absolute Gasteiger partial charge is 0.159 e. The zero-order valence-corrected chi connectivity index (χ0v) is 15.3. The lowest BCUT2D eigenvalue weighted by Crippen LogP contribution is -2.06. The molecule has 4 N–H and O–H groups in total. The summed E-state index contributed by atoms with van der Waals surface area (Å²) in [6, 6.07) is 11.2. The molecule has 5 nitrogen and oxygen atoms in total. The molecule has 25 heavy (non-hydrogen) atoms. The molecule has 0 amide bonds. The van der Waals surface area contributed by atoms with Gasteiger partial charge < -0.3 is 16.4 Å². The Morgan fingerprint density at radius 1 is 0.880 bits per heavy atom. The van der Waals surface area contributed by atoms with Crippen molar-refractivity contribution in [3.05, 3.63) is 63.9 Å². The van der Waals surface area contributed by atoms with Gasteiger partial charge in [-0.25, -0.2) is 9.97 Å². The van der Waals surface area contributed by atoms with Crippen LogP contribution in [0.4, 0.5) is 28.7 Å². The van der Waals surface area contributed by atoms with Gasteiger partial charge in [0.25, 0.3) is 0 Å². The molecule has 1 aromatic heterocycles. The van der Waals surface area contributed by atoms with E-state index in [1.165, 1.54) is 11.9 Å². The highest BCUT2D eigenvalue weighted by Crippen LogP contribution is 2.32. The average molecular weight is 374 g/mol. The molecule has 0 aliphatic carbocycles. The van der Waals surface area contributed by atoms with Crippen LogP contribution in [-0.2, 0) is 0 Å². The highest BCUT2D eigenvalue weighted by atomic mass is 35.5. The number of nitrogens with two attached hydrogens (primary N) is 1. The van der Waals surface area contributed by atoms with Crippen LogP contribution in [-0.4, -0.2) is 9.97 Å². The zero-order valence-electron chi connectivity index (χ0n) is 13.8. The molecule has 0 aliphatic heterocycles. The lowest BCUT2D eigenvalue weighted by Gasteiger charge is -2.14. The summed E-state index contributed by atoms with van der Waals surface area (Å²) in [6.07, 6.45) is 1.43. The summed E-state index contributed by atoms with van der Waals surface area (Å²) in [5.41, 5.74) is 10.5. The van der Waals surface area contributed by atoms with E-state index in [2.05, 4.69) is 26.7 Å². The standard InChI is InChI=1S/C18H17Cl2N5/c1-10-3-6-14(11(2)7-10)24-17-16(21)18(23-9-22-17)25-15-8-12(19)4-5-13(15)20/h3-9H,21H2,1-2H3,(H2,22,23,24,25). The molecule has 2 aromatic carbocycles. The molecule has 3 rings (SSSR count). The van der Waals surface area contributed by atoms with Gasteiger partial charge >= 0.3 is 0 Å². The molecule has 0 radical (unpaired) electrons. The molecule has 0 unspecified atom stereocenters. The lowest BCUT2D eigenvalue weighted by molar-refractivity contribution is 1.17. The van der Waals surface area contributed by atoms with Crippen molar-refractivity contribution in [2.45, 2.75) is 13.8 Å². The predicted molar refractivity (Wildman–Crippen MR) is 105 cm³/mol. The van der Waals surface area contributed by atoms with Gasteiger partial charge in [0.15, 0.2) is 11.6 Å². The lowest BCUT2D eigenvalue weighted by atomic mass is 10.1. The monoisotopic (exact) mass is 373 g/mol. The van der Waals surface area contributed by atoms with Crippen molar-refractivity contribution in [3.63, 3.8) is 0 Å². The van der Waals surface area contributed by atoms with Gasteiger partial charge in [0.05, 0.1) is 10.7 Å². The molecule has 0 saturated heterocycles. The average Bonchev–Trinajstić information content (AvgIpc) is 2.57. The summed E-state index contributed by atoms with van der Waals surface area (Å²) < 4.78 is 0. The largest absolute Gasteiger partial charge is 0.393 e. The maximum atomic E-state index is 6.22. The molecule has 0 saturated carbocycles. The zero-order chi connectivity index (χ0) is 18.0. The second-order valence-corrected chi connectivity index (χ2v) is 6.52. The van der Waals surface area contributed by atoms with Crippen LogP contribution in [0.3, 0.4) is 0 Å². The molecule has 0 spiro atoms. The van der Waals surface area contributed by atoms with Crippen LogP contribution in [0.2, 0.25) is 10.0 Å². The van der Waals surface area contributed by atoms with Gasteiger partial charge in [0, 0.05) is 10.7 Å².